The van der Waals surface area contributed by atoms with E-state index in [1.165, 1.54) is 6.20 Å². The first-order valence-electron chi connectivity index (χ1n) is 6.97. The van der Waals surface area contributed by atoms with Gasteiger partial charge in [-0.2, -0.15) is 4.98 Å². The van der Waals surface area contributed by atoms with E-state index in [2.05, 4.69) is 15.1 Å². The molecule has 0 fully saturated rings. The van der Waals surface area contributed by atoms with Gasteiger partial charge in [0.2, 0.25) is 5.89 Å². The molecule has 0 amide bonds. The number of rotatable bonds is 7. The molecule has 1 unspecified atom stereocenters. The molecule has 8 heteroatoms. The van der Waals surface area contributed by atoms with Crippen molar-refractivity contribution in [2.24, 2.45) is 0 Å². The van der Waals surface area contributed by atoms with Gasteiger partial charge in [-0.1, -0.05) is 18.1 Å². The van der Waals surface area contributed by atoms with Gasteiger partial charge in [0, 0.05) is 12.6 Å². The molecule has 0 aromatic carbocycles. The van der Waals surface area contributed by atoms with Gasteiger partial charge >= 0.3 is 5.97 Å². The summed E-state index contributed by atoms with van der Waals surface area (Å²) >= 11 is 0. The van der Waals surface area contributed by atoms with E-state index in [0.29, 0.717) is 23.1 Å². The van der Waals surface area contributed by atoms with Crippen molar-refractivity contribution in [2.45, 2.75) is 32.4 Å². The second-order valence-electron chi connectivity index (χ2n) is 5.03. The number of carboxylic acids is 1. The summed E-state index contributed by atoms with van der Waals surface area (Å²) in [5, 5.41) is 13.3. The van der Waals surface area contributed by atoms with Crippen LogP contribution >= 0.6 is 0 Å². The lowest BCUT2D eigenvalue weighted by Gasteiger charge is -2.23. The summed E-state index contributed by atoms with van der Waals surface area (Å²) in [5.41, 5.74) is 6.07. The fraction of sp³-hybridized carbons (Fsp3) is 0.429. The number of nitrogens with zero attached hydrogens (tertiary/aromatic N) is 4. The highest BCUT2D eigenvalue weighted by molar-refractivity contribution is 5.75. The minimum absolute atomic E-state index is 0.234. The molecule has 22 heavy (non-hydrogen) atoms. The van der Waals surface area contributed by atoms with Crippen molar-refractivity contribution in [3.8, 4) is 0 Å². The molecule has 3 N–H and O–H groups in total. The molecule has 2 rings (SSSR count). The molecule has 118 valence electrons. The molecule has 2 aromatic rings. The van der Waals surface area contributed by atoms with E-state index in [-0.39, 0.29) is 6.54 Å². The van der Waals surface area contributed by atoms with E-state index in [9.17, 15) is 9.90 Å². The molecule has 0 saturated carbocycles. The number of carbonyl (C=O) groups is 1. The van der Waals surface area contributed by atoms with Gasteiger partial charge in [0.1, 0.15) is 11.9 Å². The Morgan fingerprint density at radius 1 is 1.50 bits per heavy atom. The molecular weight excluding hydrogens is 286 g/mol. The SMILES string of the molecule is CCCc1noc(CN(C)C(C(=O)O)c2ccc(N)nc2)n1. The van der Waals surface area contributed by atoms with E-state index in [1.54, 1.807) is 24.1 Å². The number of anilines is 1. The first-order valence-corrected chi connectivity index (χ1v) is 6.97. The first kappa shape index (κ1) is 15.9. The van der Waals surface area contributed by atoms with Gasteiger partial charge in [-0.05, 0) is 25.1 Å². The molecule has 0 aliphatic heterocycles. The maximum absolute atomic E-state index is 11.6. The molecular formula is C14H19N5O3. The molecule has 0 radical (unpaired) electrons. The third-order valence-electron chi connectivity index (χ3n) is 3.17. The normalized spacial score (nSPS) is 12.5. The lowest BCUT2D eigenvalue weighted by Crippen LogP contribution is -2.30. The fourth-order valence-electron chi connectivity index (χ4n) is 2.15. The predicted molar refractivity (Wildman–Crippen MR) is 78.8 cm³/mol. The van der Waals surface area contributed by atoms with Gasteiger partial charge in [-0.25, -0.2) is 4.98 Å². The Morgan fingerprint density at radius 2 is 2.27 bits per heavy atom. The van der Waals surface area contributed by atoms with Crippen molar-refractivity contribution in [2.75, 3.05) is 12.8 Å². The van der Waals surface area contributed by atoms with Crippen LogP contribution in [0.5, 0.6) is 0 Å². The number of likely N-dealkylation sites (N-methyl/N-ethyl adjacent to an activating group) is 1. The average molecular weight is 305 g/mol. The van der Waals surface area contributed by atoms with E-state index >= 15 is 0 Å². The van der Waals surface area contributed by atoms with Crippen LogP contribution in [0.2, 0.25) is 0 Å². The van der Waals surface area contributed by atoms with Gasteiger partial charge in [0.05, 0.1) is 6.54 Å². The van der Waals surface area contributed by atoms with Crippen molar-refractivity contribution in [3.63, 3.8) is 0 Å². The average Bonchev–Trinajstić information content (AvgIpc) is 2.88. The van der Waals surface area contributed by atoms with Crippen molar-refractivity contribution >= 4 is 11.8 Å². The number of nitrogen functional groups attached to an aromatic ring is 1. The maximum Gasteiger partial charge on any atom is 0.325 e. The Balaban J connectivity index is 2.13. The van der Waals surface area contributed by atoms with Crippen LogP contribution in [0.1, 0.15) is 36.7 Å². The minimum Gasteiger partial charge on any atom is -0.480 e. The molecule has 1 atom stereocenters. The van der Waals surface area contributed by atoms with E-state index in [1.807, 2.05) is 6.92 Å². The number of pyridine rings is 1. The zero-order chi connectivity index (χ0) is 16.1. The second-order valence-corrected chi connectivity index (χ2v) is 5.03. The van der Waals surface area contributed by atoms with E-state index < -0.39 is 12.0 Å². The second kappa shape index (κ2) is 6.99. The number of nitrogens with two attached hydrogens (primary N) is 1. The first-order chi connectivity index (χ1) is 10.5. The minimum atomic E-state index is -0.984. The van der Waals surface area contributed by atoms with Crippen molar-refractivity contribution in [1.82, 2.24) is 20.0 Å². The van der Waals surface area contributed by atoms with Crippen LogP contribution in [-0.4, -0.2) is 38.1 Å². The van der Waals surface area contributed by atoms with Crippen LogP contribution in [0.3, 0.4) is 0 Å². The van der Waals surface area contributed by atoms with Crippen LogP contribution in [-0.2, 0) is 17.8 Å². The van der Waals surface area contributed by atoms with Crippen LogP contribution in [0.15, 0.2) is 22.9 Å². The van der Waals surface area contributed by atoms with E-state index in [0.717, 1.165) is 12.8 Å². The maximum atomic E-state index is 11.6. The van der Waals surface area contributed by atoms with Crippen LogP contribution < -0.4 is 5.73 Å². The van der Waals surface area contributed by atoms with Crippen LogP contribution in [0, 0.1) is 0 Å². The number of aliphatic carboxylic acids is 1. The molecule has 2 aromatic heterocycles. The zero-order valence-corrected chi connectivity index (χ0v) is 12.6. The molecule has 8 nitrogen and oxygen atoms in total. The summed E-state index contributed by atoms with van der Waals surface area (Å²) in [6.45, 7) is 2.26. The summed E-state index contributed by atoms with van der Waals surface area (Å²) in [6.07, 6.45) is 3.11. The Kier molecular flexibility index (Phi) is 5.05. The summed E-state index contributed by atoms with van der Waals surface area (Å²) in [7, 11) is 1.68. The highest BCUT2D eigenvalue weighted by atomic mass is 16.5. The van der Waals surface area contributed by atoms with Crippen molar-refractivity contribution < 1.29 is 14.4 Å². The van der Waals surface area contributed by atoms with Crippen molar-refractivity contribution in [1.29, 1.82) is 0 Å². The summed E-state index contributed by atoms with van der Waals surface area (Å²) in [5.74, 6) is 0.381. The standard InChI is InChI=1S/C14H19N5O3/c1-3-4-11-17-12(22-18-11)8-19(2)13(14(20)21)9-5-6-10(15)16-7-9/h5-7,13H,3-4,8H2,1-2H3,(H2,15,16)(H,20,21). The number of hydrogen-bond acceptors (Lipinski definition) is 7. The fourth-order valence-corrected chi connectivity index (χ4v) is 2.15. The number of hydrogen-bond donors (Lipinski definition) is 2. The molecule has 0 spiro atoms. The quantitative estimate of drug-likeness (QED) is 0.784. The number of aromatic nitrogens is 3. The van der Waals surface area contributed by atoms with Gasteiger partial charge in [0.25, 0.3) is 0 Å². The molecule has 2 heterocycles. The smallest absolute Gasteiger partial charge is 0.325 e. The summed E-state index contributed by atoms with van der Waals surface area (Å²) in [6, 6.07) is 2.36. The number of aryl methyl sites for hydroxylation is 1. The third kappa shape index (κ3) is 3.79. The molecule has 0 saturated heterocycles. The highest BCUT2D eigenvalue weighted by Gasteiger charge is 2.26. The van der Waals surface area contributed by atoms with Gasteiger partial charge in [-0.15, -0.1) is 0 Å². The Labute approximate surface area is 128 Å². The topological polar surface area (TPSA) is 118 Å². The summed E-state index contributed by atoms with van der Waals surface area (Å²) in [4.78, 5) is 21.3. The highest BCUT2D eigenvalue weighted by Crippen LogP contribution is 2.21. The molecule has 0 bridgehead atoms. The Bertz CT molecular complexity index is 626. The Morgan fingerprint density at radius 3 is 2.86 bits per heavy atom. The number of carboxylic acid groups (broad SMARTS) is 1. The van der Waals surface area contributed by atoms with Crippen molar-refractivity contribution in [3.05, 3.63) is 35.6 Å². The predicted octanol–water partition coefficient (Wildman–Crippen LogP) is 1.26. The Hall–Kier alpha value is -2.48. The van der Waals surface area contributed by atoms with Crippen LogP contribution in [0.25, 0.3) is 0 Å². The third-order valence-corrected chi connectivity index (χ3v) is 3.17. The van der Waals surface area contributed by atoms with Gasteiger partial charge in [0.15, 0.2) is 5.82 Å². The van der Waals surface area contributed by atoms with Crippen LogP contribution in [0.4, 0.5) is 5.82 Å². The summed E-state index contributed by atoms with van der Waals surface area (Å²) < 4.78 is 5.14. The van der Waals surface area contributed by atoms with E-state index in [4.69, 9.17) is 10.3 Å². The lowest BCUT2D eigenvalue weighted by molar-refractivity contribution is -0.143. The monoisotopic (exact) mass is 305 g/mol. The van der Waals surface area contributed by atoms with Gasteiger partial charge < -0.3 is 15.4 Å². The van der Waals surface area contributed by atoms with Gasteiger partial charge in [-0.3, -0.25) is 9.69 Å². The molecule has 0 aliphatic rings. The lowest BCUT2D eigenvalue weighted by atomic mass is 10.1. The molecule has 0 aliphatic carbocycles. The largest absolute Gasteiger partial charge is 0.480 e. The zero-order valence-electron chi connectivity index (χ0n) is 12.6.